The predicted molar refractivity (Wildman–Crippen MR) is 161 cm³/mol. The van der Waals surface area contributed by atoms with E-state index < -0.39 is 28.5 Å². The van der Waals surface area contributed by atoms with Gasteiger partial charge in [-0.1, -0.05) is 67.4 Å². The Morgan fingerprint density at radius 3 is 2.15 bits per heavy atom. The molecule has 3 aromatic rings. The van der Waals surface area contributed by atoms with E-state index in [0.29, 0.717) is 22.8 Å². The van der Waals surface area contributed by atoms with Crippen molar-refractivity contribution in [1.29, 1.82) is 0 Å². The maximum Gasteiger partial charge on any atom is 0.264 e. The standard InChI is InChI=1S/C31H38ClN3O4S/c1-21(2)18-33-31(37)25(6)34(19-26-9-7-8-10-29(26)32)30(36)20-35(27-14-13-23(4)24(5)17-27)40(38,39)28-15-11-22(3)12-16-28/h7-17,21,25H,18-20H2,1-6H3,(H,33,37)/t25-/m1/s1. The van der Waals surface area contributed by atoms with Gasteiger partial charge in [0.1, 0.15) is 12.6 Å². The number of rotatable bonds is 11. The van der Waals surface area contributed by atoms with Gasteiger partial charge in [-0.15, -0.1) is 0 Å². The summed E-state index contributed by atoms with van der Waals surface area (Å²) < 4.78 is 29.0. The van der Waals surface area contributed by atoms with Crippen LogP contribution < -0.4 is 9.62 Å². The molecule has 0 aliphatic heterocycles. The van der Waals surface area contributed by atoms with E-state index in [2.05, 4.69) is 5.32 Å². The van der Waals surface area contributed by atoms with E-state index in [4.69, 9.17) is 11.6 Å². The summed E-state index contributed by atoms with van der Waals surface area (Å²) in [6, 6.07) is 18.0. The van der Waals surface area contributed by atoms with Gasteiger partial charge in [0.2, 0.25) is 11.8 Å². The fourth-order valence-electron chi connectivity index (χ4n) is 4.09. The SMILES string of the molecule is Cc1ccc(S(=O)(=O)N(CC(=O)N(Cc2ccccc2Cl)[C@H](C)C(=O)NCC(C)C)c2ccc(C)c(C)c2)cc1. The predicted octanol–water partition coefficient (Wildman–Crippen LogP) is 5.65. The molecule has 7 nitrogen and oxygen atoms in total. The molecule has 214 valence electrons. The number of sulfonamides is 1. The Labute approximate surface area is 243 Å². The summed E-state index contributed by atoms with van der Waals surface area (Å²) in [5, 5.41) is 3.33. The van der Waals surface area contributed by atoms with Crippen LogP contribution in [-0.2, 0) is 26.2 Å². The van der Waals surface area contributed by atoms with Crippen molar-refractivity contribution in [2.45, 2.75) is 59.0 Å². The summed E-state index contributed by atoms with van der Waals surface area (Å²) in [7, 11) is -4.12. The molecule has 0 radical (unpaired) electrons. The van der Waals surface area contributed by atoms with Crippen LogP contribution in [0.15, 0.2) is 71.6 Å². The fraction of sp³-hybridized carbons (Fsp3) is 0.355. The van der Waals surface area contributed by atoms with Gasteiger partial charge < -0.3 is 10.2 Å². The number of halogens is 1. The Morgan fingerprint density at radius 2 is 1.55 bits per heavy atom. The molecule has 2 amide bonds. The van der Waals surface area contributed by atoms with Gasteiger partial charge in [0.05, 0.1) is 10.6 Å². The topological polar surface area (TPSA) is 86.8 Å². The third kappa shape index (κ3) is 7.64. The van der Waals surface area contributed by atoms with Crippen molar-refractivity contribution in [1.82, 2.24) is 10.2 Å². The molecule has 0 spiro atoms. The van der Waals surface area contributed by atoms with E-state index in [1.807, 2.05) is 40.7 Å². The average molecular weight is 584 g/mol. The van der Waals surface area contributed by atoms with Gasteiger partial charge in [0.15, 0.2) is 0 Å². The fourth-order valence-corrected chi connectivity index (χ4v) is 5.69. The maximum atomic E-state index is 14.0. The Kier molecular flexibility index (Phi) is 10.4. The summed E-state index contributed by atoms with van der Waals surface area (Å²) in [5.41, 5.74) is 3.83. The lowest BCUT2D eigenvalue weighted by atomic mass is 10.1. The molecule has 0 aromatic heterocycles. The van der Waals surface area contributed by atoms with Gasteiger partial charge in [0, 0.05) is 18.1 Å². The molecule has 0 saturated carbocycles. The van der Waals surface area contributed by atoms with E-state index in [1.165, 1.54) is 17.0 Å². The number of hydrogen-bond acceptors (Lipinski definition) is 4. The molecule has 0 unspecified atom stereocenters. The van der Waals surface area contributed by atoms with Gasteiger partial charge in [-0.2, -0.15) is 0 Å². The Balaban J connectivity index is 2.05. The van der Waals surface area contributed by atoms with Crippen LogP contribution in [0.2, 0.25) is 5.02 Å². The molecular weight excluding hydrogens is 546 g/mol. The van der Waals surface area contributed by atoms with Crippen LogP contribution in [0.4, 0.5) is 5.69 Å². The highest BCUT2D eigenvalue weighted by atomic mass is 35.5. The number of aryl methyl sites for hydroxylation is 3. The lowest BCUT2D eigenvalue weighted by Crippen LogP contribution is -2.51. The number of anilines is 1. The molecule has 0 heterocycles. The highest BCUT2D eigenvalue weighted by Gasteiger charge is 2.33. The molecule has 9 heteroatoms. The van der Waals surface area contributed by atoms with Gasteiger partial charge in [-0.05, 0) is 80.6 Å². The summed E-state index contributed by atoms with van der Waals surface area (Å²) in [6.45, 7) is 11.3. The molecule has 1 atom stereocenters. The van der Waals surface area contributed by atoms with Crippen molar-refractivity contribution >= 4 is 39.1 Å². The quantitative estimate of drug-likeness (QED) is 0.316. The number of nitrogens with zero attached hydrogens (tertiary/aromatic N) is 2. The van der Waals surface area contributed by atoms with Gasteiger partial charge >= 0.3 is 0 Å². The minimum Gasteiger partial charge on any atom is -0.354 e. The van der Waals surface area contributed by atoms with Crippen molar-refractivity contribution in [2.75, 3.05) is 17.4 Å². The normalized spacial score (nSPS) is 12.2. The zero-order valence-electron chi connectivity index (χ0n) is 23.9. The molecule has 0 aliphatic carbocycles. The highest BCUT2D eigenvalue weighted by molar-refractivity contribution is 7.92. The van der Waals surface area contributed by atoms with Gasteiger partial charge in [-0.25, -0.2) is 8.42 Å². The maximum absolute atomic E-state index is 14.0. The zero-order chi connectivity index (χ0) is 29.6. The summed E-state index contributed by atoms with van der Waals surface area (Å²) in [5.74, 6) is -0.627. The van der Waals surface area contributed by atoms with Crippen LogP contribution in [0.3, 0.4) is 0 Å². The largest absolute Gasteiger partial charge is 0.354 e. The first-order valence-corrected chi connectivity index (χ1v) is 15.1. The van der Waals surface area contributed by atoms with Crippen LogP contribution in [0, 0.1) is 26.7 Å². The molecule has 3 rings (SSSR count). The van der Waals surface area contributed by atoms with E-state index in [1.54, 1.807) is 55.5 Å². The van der Waals surface area contributed by atoms with Gasteiger partial charge in [-0.3, -0.25) is 13.9 Å². The van der Waals surface area contributed by atoms with Crippen LogP contribution in [0.1, 0.15) is 43.0 Å². The molecular formula is C31H38ClN3O4S. The van der Waals surface area contributed by atoms with Crippen molar-refractivity contribution < 1.29 is 18.0 Å². The lowest BCUT2D eigenvalue weighted by molar-refractivity contribution is -0.139. The monoisotopic (exact) mass is 583 g/mol. The van der Waals surface area contributed by atoms with Crippen molar-refractivity contribution in [3.8, 4) is 0 Å². The summed E-state index contributed by atoms with van der Waals surface area (Å²) in [6.07, 6.45) is 0. The minimum absolute atomic E-state index is 0.0418. The number of benzene rings is 3. The second-order valence-corrected chi connectivity index (χ2v) is 12.8. The number of nitrogens with one attached hydrogen (secondary N) is 1. The first-order chi connectivity index (χ1) is 18.8. The van der Waals surface area contributed by atoms with Crippen LogP contribution >= 0.6 is 11.6 Å². The second-order valence-electron chi connectivity index (χ2n) is 10.5. The molecule has 0 saturated heterocycles. The second kappa shape index (κ2) is 13.3. The van der Waals surface area contributed by atoms with E-state index in [9.17, 15) is 18.0 Å². The number of carbonyl (C=O) groups is 2. The Morgan fingerprint density at radius 1 is 0.900 bits per heavy atom. The lowest BCUT2D eigenvalue weighted by Gasteiger charge is -2.32. The van der Waals surface area contributed by atoms with Crippen molar-refractivity contribution in [2.24, 2.45) is 5.92 Å². The first-order valence-electron chi connectivity index (χ1n) is 13.3. The smallest absolute Gasteiger partial charge is 0.264 e. The first kappa shape index (κ1) is 31.2. The van der Waals surface area contributed by atoms with Crippen molar-refractivity contribution in [3.63, 3.8) is 0 Å². The Hall–Kier alpha value is -3.36. The number of hydrogen-bond donors (Lipinski definition) is 1. The number of amides is 2. The van der Waals surface area contributed by atoms with Gasteiger partial charge in [0.25, 0.3) is 10.0 Å². The zero-order valence-corrected chi connectivity index (χ0v) is 25.5. The molecule has 0 fully saturated rings. The highest BCUT2D eigenvalue weighted by Crippen LogP contribution is 2.27. The number of carbonyl (C=O) groups excluding carboxylic acids is 2. The molecule has 0 bridgehead atoms. The summed E-state index contributed by atoms with van der Waals surface area (Å²) >= 11 is 6.41. The molecule has 1 N–H and O–H groups in total. The van der Waals surface area contributed by atoms with Crippen LogP contribution in [0.25, 0.3) is 0 Å². The molecule has 40 heavy (non-hydrogen) atoms. The third-order valence-electron chi connectivity index (χ3n) is 6.82. The van der Waals surface area contributed by atoms with Crippen LogP contribution in [-0.4, -0.2) is 44.3 Å². The van der Waals surface area contributed by atoms with Crippen LogP contribution in [0.5, 0.6) is 0 Å². The summed E-state index contributed by atoms with van der Waals surface area (Å²) in [4.78, 5) is 28.6. The minimum atomic E-state index is -4.12. The Bertz CT molecular complexity index is 1460. The molecule has 0 aliphatic rings. The van der Waals surface area contributed by atoms with E-state index in [0.717, 1.165) is 21.0 Å². The molecule has 3 aromatic carbocycles. The third-order valence-corrected chi connectivity index (χ3v) is 8.97. The average Bonchev–Trinajstić information content (AvgIpc) is 2.91. The van der Waals surface area contributed by atoms with E-state index in [-0.39, 0.29) is 23.3 Å². The van der Waals surface area contributed by atoms with E-state index >= 15 is 0 Å². The van der Waals surface area contributed by atoms with Crippen molar-refractivity contribution in [3.05, 3.63) is 94.0 Å².